The molecule has 4 aromatic rings. The van der Waals surface area contributed by atoms with Crippen molar-refractivity contribution >= 4 is 29.7 Å². The van der Waals surface area contributed by atoms with E-state index in [1.807, 2.05) is 103 Å². The summed E-state index contributed by atoms with van der Waals surface area (Å²) in [6.07, 6.45) is 5.36. The van der Waals surface area contributed by atoms with Crippen molar-refractivity contribution in [3.63, 3.8) is 0 Å². The molecule has 13 nitrogen and oxygen atoms in total. The maximum atomic E-state index is 12.7. The third kappa shape index (κ3) is 15.1. The number of carbonyl (C=O) groups is 3. The van der Waals surface area contributed by atoms with Crippen LogP contribution in [-0.4, -0.2) is 48.5 Å². The fourth-order valence-electron chi connectivity index (χ4n) is 8.32. The fraction of sp³-hybridized carbons (Fsp3) is 0.420. The number of carbonyl (C=O) groups excluding carboxylic acids is 3. The Kier molecular flexibility index (Phi) is 18.1. The summed E-state index contributed by atoms with van der Waals surface area (Å²) in [5, 5.41) is 16.7. The SMILES string of the molecule is CCCCCC(CCC1C(OOC(=N)CC(=O)OCc2ccccc2)CC2Cc3c(cccc3OCC(=O)OCc3ccccc3)CC21)OOC(=N)CC(=O)OCc1ccccc1. The molecule has 63 heavy (non-hydrogen) atoms. The second-order valence-electron chi connectivity index (χ2n) is 16.1. The Morgan fingerprint density at radius 2 is 1.22 bits per heavy atom. The monoisotopic (exact) mass is 862 g/mol. The van der Waals surface area contributed by atoms with Crippen molar-refractivity contribution in [1.82, 2.24) is 0 Å². The van der Waals surface area contributed by atoms with Crippen LogP contribution in [0.15, 0.2) is 109 Å². The quantitative estimate of drug-likeness (QED) is 0.0131. The minimum Gasteiger partial charge on any atom is -0.482 e. The number of ether oxygens (including phenoxy) is 4. The van der Waals surface area contributed by atoms with Crippen LogP contribution < -0.4 is 4.74 Å². The number of unbranched alkanes of at least 4 members (excludes halogenated alkanes) is 2. The summed E-state index contributed by atoms with van der Waals surface area (Å²) in [4.78, 5) is 60.6. The van der Waals surface area contributed by atoms with Gasteiger partial charge in [-0.25, -0.2) is 4.79 Å². The van der Waals surface area contributed by atoms with Crippen LogP contribution in [-0.2, 0) is 80.8 Å². The van der Waals surface area contributed by atoms with Gasteiger partial charge in [0.05, 0.1) is 0 Å². The number of benzene rings is 4. The highest BCUT2D eigenvalue weighted by Gasteiger charge is 2.47. The molecule has 334 valence electrons. The molecule has 0 heterocycles. The number of nitrogens with one attached hydrogen (secondary N) is 2. The van der Waals surface area contributed by atoms with Gasteiger partial charge in [-0.1, -0.05) is 129 Å². The van der Waals surface area contributed by atoms with Crippen LogP contribution in [0.2, 0.25) is 0 Å². The van der Waals surface area contributed by atoms with E-state index >= 15 is 0 Å². The van der Waals surface area contributed by atoms with Crippen LogP contribution in [0.25, 0.3) is 0 Å². The number of fused-ring (bicyclic) bond motifs is 2. The molecule has 5 unspecified atom stereocenters. The summed E-state index contributed by atoms with van der Waals surface area (Å²) in [5.74, 6) is -1.37. The molecule has 2 N–H and O–H groups in total. The van der Waals surface area contributed by atoms with Crippen molar-refractivity contribution < 1.29 is 52.9 Å². The van der Waals surface area contributed by atoms with Crippen LogP contribution in [0.1, 0.15) is 92.5 Å². The number of hydrogen-bond donors (Lipinski definition) is 2. The molecule has 0 amide bonds. The zero-order chi connectivity index (χ0) is 44.2. The van der Waals surface area contributed by atoms with Crippen LogP contribution in [0, 0.1) is 28.6 Å². The van der Waals surface area contributed by atoms with Gasteiger partial charge in [-0.3, -0.25) is 20.4 Å². The lowest BCUT2D eigenvalue weighted by Crippen LogP contribution is -2.30. The van der Waals surface area contributed by atoms with Gasteiger partial charge < -0.3 is 28.7 Å². The van der Waals surface area contributed by atoms with E-state index in [1.165, 1.54) is 0 Å². The lowest BCUT2D eigenvalue weighted by molar-refractivity contribution is -0.276. The molecule has 4 aromatic carbocycles. The van der Waals surface area contributed by atoms with Crippen LogP contribution in [0.5, 0.6) is 5.75 Å². The van der Waals surface area contributed by atoms with E-state index in [1.54, 1.807) is 0 Å². The van der Waals surface area contributed by atoms with Crippen LogP contribution >= 0.6 is 0 Å². The first-order valence-electron chi connectivity index (χ1n) is 21.9. The van der Waals surface area contributed by atoms with Gasteiger partial charge >= 0.3 is 17.9 Å². The lowest BCUT2D eigenvalue weighted by Gasteiger charge is -2.33. The lowest BCUT2D eigenvalue weighted by atomic mass is 9.73. The molecule has 0 aromatic heterocycles. The molecule has 5 atom stereocenters. The van der Waals surface area contributed by atoms with Gasteiger partial charge in [0.1, 0.15) is 50.6 Å². The van der Waals surface area contributed by atoms with E-state index in [4.69, 9.17) is 49.3 Å². The highest BCUT2D eigenvalue weighted by Crippen LogP contribution is 2.49. The first-order chi connectivity index (χ1) is 30.7. The Balaban J connectivity index is 1.08. The predicted molar refractivity (Wildman–Crippen MR) is 233 cm³/mol. The average molecular weight is 863 g/mol. The predicted octanol–water partition coefficient (Wildman–Crippen LogP) is 9.38. The first kappa shape index (κ1) is 46.5. The molecule has 0 radical (unpaired) electrons. The minimum absolute atomic E-state index is 0.0248. The van der Waals surface area contributed by atoms with E-state index in [2.05, 4.69) is 13.0 Å². The summed E-state index contributed by atoms with van der Waals surface area (Å²) in [6.45, 7) is 2.26. The molecule has 6 rings (SSSR count). The smallest absolute Gasteiger partial charge is 0.344 e. The Hall–Kier alpha value is -6.05. The average Bonchev–Trinajstić information content (AvgIpc) is 3.64. The maximum absolute atomic E-state index is 12.7. The van der Waals surface area contributed by atoms with E-state index in [9.17, 15) is 14.4 Å². The second-order valence-corrected chi connectivity index (χ2v) is 16.1. The Labute approximate surface area is 369 Å². The fourth-order valence-corrected chi connectivity index (χ4v) is 8.32. The topological polar surface area (TPSA) is 173 Å². The van der Waals surface area contributed by atoms with Gasteiger partial charge in [0.15, 0.2) is 6.61 Å². The number of rotatable bonds is 24. The molecule has 0 bridgehead atoms. The normalized spacial score (nSPS) is 17.9. The van der Waals surface area contributed by atoms with E-state index in [0.29, 0.717) is 37.9 Å². The summed E-state index contributed by atoms with van der Waals surface area (Å²) in [7, 11) is 0. The molecule has 13 heteroatoms. The summed E-state index contributed by atoms with van der Waals surface area (Å²) in [6, 6.07) is 34.0. The van der Waals surface area contributed by atoms with Crippen molar-refractivity contribution in [3.05, 3.63) is 137 Å². The zero-order valence-corrected chi connectivity index (χ0v) is 35.9. The van der Waals surface area contributed by atoms with E-state index in [-0.39, 0.29) is 74.9 Å². The van der Waals surface area contributed by atoms with Gasteiger partial charge in [-0.15, -0.1) is 0 Å². The third-order valence-corrected chi connectivity index (χ3v) is 11.5. The van der Waals surface area contributed by atoms with Crippen LogP contribution in [0.3, 0.4) is 0 Å². The molecule has 0 aliphatic heterocycles. The summed E-state index contributed by atoms with van der Waals surface area (Å²) < 4.78 is 22.2. The largest absolute Gasteiger partial charge is 0.482 e. The standard InChI is InChI=1S/C50H58N2O11/c1-2-3-7-22-40(60-62-46(51)29-48(53)57-31-35-15-8-4-9-16-35)24-25-41-42-26-38-21-14-23-44(56-34-50(55)59-33-37-19-12-6-13-20-37)43(38)27-39(42)28-45(41)61-63-47(52)30-49(54)58-32-36-17-10-5-11-18-36/h4-6,8-21,23,39-42,45,51-52H,2-3,7,22,24-34H2,1H3. The van der Waals surface area contributed by atoms with Gasteiger partial charge in [-0.2, -0.15) is 9.78 Å². The molecule has 0 saturated heterocycles. The molecule has 0 spiro atoms. The molecule has 1 fully saturated rings. The van der Waals surface area contributed by atoms with E-state index in [0.717, 1.165) is 53.5 Å². The minimum atomic E-state index is -0.599. The number of esters is 3. The van der Waals surface area contributed by atoms with Gasteiger partial charge in [0.25, 0.3) is 0 Å². The van der Waals surface area contributed by atoms with Gasteiger partial charge in [0.2, 0.25) is 11.8 Å². The Bertz CT molecular complexity index is 2080. The highest BCUT2D eigenvalue weighted by molar-refractivity contribution is 5.92. The van der Waals surface area contributed by atoms with Crippen LogP contribution in [0.4, 0.5) is 0 Å². The summed E-state index contributed by atoms with van der Waals surface area (Å²) >= 11 is 0. The van der Waals surface area contributed by atoms with Crippen molar-refractivity contribution in [2.75, 3.05) is 6.61 Å². The second kappa shape index (κ2) is 24.6. The first-order valence-corrected chi connectivity index (χ1v) is 21.9. The highest BCUT2D eigenvalue weighted by atomic mass is 17.2. The molecule has 2 aliphatic rings. The van der Waals surface area contributed by atoms with Gasteiger partial charge in [-0.05, 0) is 90.2 Å². The Morgan fingerprint density at radius 3 is 1.81 bits per heavy atom. The zero-order valence-electron chi connectivity index (χ0n) is 35.9. The number of hydrogen-bond acceptors (Lipinski definition) is 13. The van der Waals surface area contributed by atoms with Gasteiger partial charge in [0, 0.05) is 0 Å². The van der Waals surface area contributed by atoms with Crippen molar-refractivity contribution in [3.8, 4) is 5.75 Å². The molecular weight excluding hydrogens is 805 g/mol. The summed E-state index contributed by atoms with van der Waals surface area (Å²) in [5.41, 5.74) is 4.74. The third-order valence-electron chi connectivity index (χ3n) is 11.5. The molecular formula is C50H58N2O11. The van der Waals surface area contributed by atoms with Crippen molar-refractivity contribution in [1.29, 1.82) is 10.8 Å². The Morgan fingerprint density at radius 1 is 0.651 bits per heavy atom. The van der Waals surface area contributed by atoms with Crippen molar-refractivity contribution in [2.24, 2.45) is 17.8 Å². The molecule has 2 aliphatic carbocycles. The van der Waals surface area contributed by atoms with Crippen molar-refractivity contribution in [2.45, 2.75) is 110 Å². The van der Waals surface area contributed by atoms with E-state index < -0.39 is 24.0 Å². The maximum Gasteiger partial charge on any atom is 0.344 e. The molecule has 1 saturated carbocycles.